The zero-order chi connectivity index (χ0) is 18.5. The van der Waals surface area contributed by atoms with Gasteiger partial charge in [0.05, 0.1) is 5.69 Å². The summed E-state index contributed by atoms with van der Waals surface area (Å²) in [4.78, 5) is 28.1. The van der Waals surface area contributed by atoms with E-state index in [1.165, 1.54) is 23.8 Å². The van der Waals surface area contributed by atoms with Crippen molar-refractivity contribution in [2.75, 3.05) is 10.6 Å². The second-order valence-corrected chi connectivity index (χ2v) is 6.66. The lowest BCUT2D eigenvalue weighted by molar-refractivity contribution is -0.114. The van der Waals surface area contributed by atoms with Gasteiger partial charge in [-0.2, -0.15) is 0 Å². The molecule has 5 nitrogen and oxygen atoms in total. The standard InChI is InChI=1S/C20H19N3O2S/c1-3-14-7-9-15(10-8-14)18-12-26-20(22-18)23-19(25)16-5-4-6-17(11-16)21-13(2)24/h4-12H,3H2,1-2H3,(H,21,24)(H,22,23,25). The fourth-order valence-electron chi connectivity index (χ4n) is 2.49. The largest absolute Gasteiger partial charge is 0.326 e. The Labute approximate surface area is 156 Å². The highest BCUT2D eigenvalue weighted by molar-refractivity contribution is 7.14. The highest BCUT2D eigenvalue weighted by atomic mass is 32.1. The lowest BCUT2D eigenvalue weighted by Crippen LogP contribution is -2.13. The molecule has 132 valence electrons. The van der Waals surface area contributed by atoms with E-state index in [9.17, 15) is 9.59 Å². The van der Waals surface area contributed by atoms with Crippen LogP contribution in [0.2, 0.25) is 0 Å². The van der Waals surface area contributed by atoms with Crippen LogP contribution in [0.1, 0.15) is 29.8 Å². The van der Waals surface area contributed by atoms with Crippen LogP contribution in [0.4, 0.5) is 10.8 Å². The molecule has 0 spiro atoms. The predicted octanol–water partition coefficient (Wildman–Crippen LogP) is 4.58. The normalized spacial score (nSPS) is 10.4. The van der Waals surface area contributed by atoms with Crippen LogP contribution in [0, 0.1) is 0 Å². The molecule has 0 saturated heterocycles. The number of nitrogens with zero attached hydrogens (tertiary/aromatic N) is 1. The Bertz CT molecular complexity index is 932. The monoisotopic (exact) mass is 365 g/mol. The van der Waals surface area contributed by atoms with Gasteiger partial charge in [0.1, 0.15) is 0 Å². The van der Waals surface area contributed by atoms with Crippen LogP contribution in [0.5, 0.6) is 0 Å². The number of hydrogen-bond acceptors (Lipinski definition) is 4. The van der Waals surface area contributed by atoms with Gasteiger partial charge >= 0.3 is 0 Å². The fraction of sp³-hybridized carbons (Fsp3) is 0.150. The van der Waals surface area contributed by atoms with Crippen molar-refractivity contribution in [3.63, 3.8) is 0 Å². The smallest absolute Gasteiger partial charge is 0.257 e. The number of aryl methyl sites for hydroxylation is 1. The summed E-state index contributed by atoms with van der Waals surface area (Å²) in [7, 11) is 0. The van der Waals surface area contributed by atoms with Gasteiger partial charge in [-0.25, -0.2) is 4.98 Å². The van der Waals surface area contributed by atoms with E-state index < -0.39 is 0 Å². The zero-order valence-corrected chi connectivity index (χ0v) is 15.4. The van der Waals surface area contributed by atoms with Crippen molar-refractivity contribution in [2.45, 2.75) is 20.3 Å². The summed E-state index contributed by atoms with van der Waals surface area (Å²) in [5.74, 6) is -0.444. The molecule has 0 saturated carbocycles. The van der Waals surface area contributed by atoms with Crippen molar-refractivity contribution in [1.82, 2.24) is 4.98 Å². The molecule has 0 atom stereocenters. The van der Waals surface area contributed by atoms with E-state index in [0.29, 0.717) is 16.4 Å². The SMILES string of the molecule is CCc1ccc(-c2csc(NC(=O)c3cccc(NC(C)=O)c3)n2)cc1. The average Bonchev–Trinajstić information content (AvgIpc) is 3.10. The number of carbonyl (C=O) groups is 2. The summed E-state index contributed by atoms with van der Waals surface area (Å²) < 4.78 is 0. The molecule has 0 aliphatic carbocycles. The summed E-state index contributed by atoms with van der Waals surface area (Å²) in [6.45, 7) is 3.54. The molecule has 1 heterocycles. The highest BCUT2D eigenvalue weighted by Gasteiger charge is 2.11. The van der Waals surface area contributed by atoms with E-state index in [2.05, 4.69) is 34.7 Å². The number of hydrogen-bond donors (Lipinski definition) is 2. The van der Waals surface area contributed by atoms with Crippen LogP contribution in [-0.4, -0.2) is 16.8 Å². The maximum atomic E-state index is 12.4. The second-order valence-electron chi connectivity index (χ2n) is 5.80. The average molecular weight is 365 g/mol. The Morgan fingerprint density at radius 1 is 1.08 bits per heavy atom. The Kier molecular flexibility index (Phi) is 5.43. The van der Waals surface area contributed by atoms with Crippen molar-refractivity contribution in [3.8, 4) is 11.3 Å². The Morgan fingerprint density at radius 2 is 1.85 bits per heavy atom. The number of carbonyl (C=O) groups excluding carboxylic acids is 2. The van der Waals surface area contributed by atoms with E-state index in [0.717, 1.165) is 17.7 Å². The third-order valence-corrected chi connectivity index (χ3v) is 4.59. The van der Waals surface area contributed by atoms with Gasteiger partial charge in [0, 0.05) is 29.1 Å². The minimum atomic E-state index is -0.264. The molecule has 26 heavy (non-hydrogen) atoms. The fourth-order valence-corrected chi connectivity index (χ4v) is 3.20. The van der Waals surface area contributed by atoms with E-state index in [1.807, 2.05) is 17.5 Å². The molecule has 0 fully saturated rings. The third-order valence-electron chi connectivity index (χ3n) is 3.83. The minimum Gasteiger partial charge on any atom is -0.326 e. The van der Waals surface area contributed by atoms with Crippen LogP contribution in [0.3, 0.4) is 0 Å². The van der Waals surface area contributed by atoms with Crippen molar-refractivity contribution in [1.29, 1.82) is 0 Å². The van der Waals surface area contributed by atoms with E-state index >= 15 is 0 Å². The molecule has 2 aromatic carbocycles. The molecule has 1 aromatic heterocycles. The Balaban J connectivity index is 1.72. The van der Waals surface area contributed by atoms with Crippen LogP contribution in [0.25, 0.3) is 11.3 Å². The molecule has 3 rings (SSSR count). The molecule has 3 aromatic rings. The maximum Gasteiger partial charge on any atom is 0.257 e. The summed E-state index contributed by atoms with van der Waals surface area (Å²) in [5.41, 5.74) is 4.17. The van der Waals surface area contributed by atoms with Gasteiger partial charge in [0.25, 0.3) is 5.91 Å². The molecule has 0 bridgehead atoms. The first-order valence-corrected chi connectivity index (χ1v) is 9.17. The van der Waals surface area contributed by atoms with Crippen molar-refractivity contribution in [3.05, 3.63) is 65.0 Å². The van der Waals surface area contributed by atoms with E-state index in [4.69, 9.17) is 0 Å². The molecule has 2 amide bonds. The third kappa shape index (κ3) is 4.34. The molecular formula is C20H19N3O2S. The number of nitrogens with one attached hydrogen (secondary N) is 2. The van der Waals surface area contributed by atoms with Crippen LogP contribution in [0.15, 0.2) is 53.9 Å². The number of anilines is 2. The quantitative estimate of drug-likeness (QED) is 0.695. The Hall–Kier alpha value is -2.99. The van der Waals surface area contributed by atoms with Gasteiger partial charge < -0.3 is 5.32 Å². The van der Waals surface area contributed by atoms with E-state index in [1.54, 1.807) is 24.3 Å². The predicted molar refractivity (Wildman–Crippen MR) is 106 cm³/mol. The highest BCUT2D eigenvalue weighted by Crippen LogP contribution is 2.25. The summed E-state index contributed by atoms with van der Waals surface area (Å²) >= 11 is 1.38. The molecule has 0 aliphatic heterocycles. The van der Waals surface area contributed by atoms with Crippen molar-refractivity contribution in [2.24, 2.45) is 0 Å². The lowest BCUT2D eigenvalue weighted by atomic mass is 10.1. The molecule has 6 heteroatoms. The summed E-state index contributed by atoms with van der Waals surface area (Å²) in [6, 6.07) is 15.0. The van der Waals surface area contributed by atoms with Gasteiger partial charge in [-0.1, -0.05) is 37.3 Å². The minimum absolute atomic E-state index is 0.179. The maximum absolute atomic E-state index is 12.4. The van der Waals surface area contributed by atoms with Gasteiger partial charge in [-0.05, 0) is 30.2 Å². The first kappa shape index (κ1) is 17.8. The Morgan fingerprint density at radius 3 is 2.54 bits per heavy atom. The van der Waals surface area contributed by atoms with Gasteiger partial charge in [0.15, 0.2) is 5.13 Å². The molecule has 2 N–H and O–H groups in total. The number of amides is 2. The number of aromatic nitrogens is 1. The zero-order valence-electron chi connectivity index (χ0n) is 14.6. The van der Waals surface area contributed by atoms with Crippen LogP contribution in [-0.2, 0) is 11.2 Å². The van der Waals surface area contributed by atoms with Crippen LogP contribution >= 0.6 is 11.3 Å². The second kappa shape index (κ2) is 7.93. The first-order chi connectivity index (χ1) is 12.5. The van der Waals surface area contributed by atoms with Gasteiger partial charge in [0.2, 0.25) is 5.91 Å². The first-order valence-electron chi connectivity index (χ1n) is 8.29. The molecular weight excluding hydrogens is 346 g/mol. The lowest BCUT2D eigenvalue weighted by Gasteiger charge is -2.05. The molecule has 0 aliphatic rings. The number of rotatable bonds is 5. The van der Waals surface area contributed by atoms with Crippen molar-refractivity contribution >= 4 is 34.0 Å². The number of benzene rings is 2. The van der Waals surface area contributed by atoms with Crippen molar-refractivity contribution < 1.29 is 9.59 Å². The summed E-state index contributed by atoms with van der Waals surface area (Å²) in [6.07, 6.45) is 0.996. The molecule has 0 radical (unpaired) electrons. The number of thiazole rings is 1. The van der Waals surface area contributed by atoms with Crippen LogP contribution < -0.4 is 10.6 Å². The summed E-state index contributed by atoms with van der Waals surface area (Å²) in [5, 5.41) is 7.93. The molecule has 0 unspecified atom stereocenters. The van der Waals surface area contributed by atoms with Gasteiger partial charge in [-0.3, -0.25) is 14.9 Å². The van der Waals surface area contributed by atoms with E-state index in [-0.39, 0.29) is 11.8 Å². The topological polar surface area (TPSA) is 71.1 Å². The van der Waals surface area contributed by atoms with Gasteiger partial charge in [-0.15, -0.1) is 11.3 Å².